The molecule has 4 heteroatoms. The lowest BCUT2D eigenvalue weighted by Gasteiger charge is -2.31. The van der Waals surface area contributed by atoms with Gasteiger partial charge >= 0.3 is 0 Å². The molecule has 1 aliphatic heterocycles. The summed E-state index contributed by atoms with van der Waals surface area (Å²) in [4.78, 5) is 22.6. The van der Waals surface area contributed by atoms with Crippen molar-refractivity contribution >= 4 is 12.2 Å². The van der Waals surface area contributed by atoms with Crippen LogP contribution in [0.2, 0.25) is 0 Å². The number of carbonyl (C=O) groups is 2. The minimum atomic E-state index is -0.642. The van der Waals surface area contributed by atoms with Crippen LogP contribution < -0.4 is 5.32 Å². The zero-order valence-electron chi connectivity index (χ0n) is 10.2. The fraction of sp³-hybridized carbons (Fsp3) is 0.429. The predicted octanol–water partition coefficient (Wildman–Crippen LogP) is 1.30. The molecule has 1 heterocycles. The van der Waals surface area contributed by atoms with E-state index in [4.69, 9.17) is 4.74 Å². The molecule has 0 saturated carbocycles. The number of nitrogens with one attached hydrogen (secondary N) is 1. The molecule has 96 valence electrons. The summed E-state index contributed by atoms with van der Waals surface area (Å²) in [6, 6.07) is 9.79. The van der Waals surface area contributed by atoms with E-state index in [-0.39, 0.29) is 12.3 Å². The monoisotopic (exact) mass is 247 g/mol. The van der Waals surface area contributed by atoms with Crippen LogP contribution >= 0.6 is 0 Å². The highest BCUT2D eigenvalue weighted by Gasteiger charge is 2.35. The molecule has 1 unspecified atom stereocenters. The number of carbonyl (C=O) groups excluding carboxylic acids is 2. The smallest absolute Gasteiger partial charge is 0.221 e. The molecule has 1 aromatic rings. The maximum absolute atomic E-state index is 11.3. The molecular weight excluding hydrogens is 230 g/mol. The van der Waals surface area contributed by atoms with Gasteiger partial charge in [-0.1, -0.05) is 30.3 Å². The van der Waals surface area contributed by atoms with E-state index in [0.717, 1.165) is 11.8 Å². The Bertz CT molecular complexity index is 418. The molecule has 1 amide bonds. The summed E-state index contributed by atoms with van der Waals surface area (Å²) < 4.78 is 5.59. The average Bonchev–Trinajstić information content (AvgIpc) is 2.40. The normalized spacial score (nSPS) is 23.4. The summed E-state index contributed by atoms with van der Waals surface area (Å²) in [5.41, 5.74) is 0.427. The molecule has 1 saturated heterocycles. The molecule has 2 rings (SSSR count). The molecule has 1 aromatic carbocycles. The van der Waals surface area contributed by atoms with E-state index in [9.17, 15) is 9.59 Å². The van der Waals surface area contributed by atoms with Crippen molar-refractivity contribution in [1.82, 2.24) is 5.32 Å². The molecule has 0 aliphatic carbocycles. The zero-order valence-corrected chi connectivity index (χ0v) is 10.2. The van der Waals surface area contributed by atoms with Crippen LogP contribution in [-0.2, 0) is 20.9 Å². The van der Waals surface area contributed by atoms with Gasteiger partial charge in [-0.3, -0.25) is 4.79 Å². The van der Waals surface area contributed by atoms with Crippen LogP contribution in [-0.4, -0.2) is 25.3 Å². The summed E-state index contributed by atoms with van der Waals surface area (Å²) in [6.07, 6.45) is 1.75. The van der Waals surface area contributed by atoms with Gasteiger partial charge in [-0.05, 0) is 12.0 Å². The van der Waals surface area contributed by atoms with E-state index in [1.807, 2.05) is 30.3 Å². The first-order valence-electron chi connectivity index (χ1n) is 6.09. The first-order valence-corrected chi connectivity index (χ1v) is 6.09. The van der Waals surface area contributed by atoms with Gasteiger partial charge < -0.3 is 14.8 Å². The first-order chi connectivity index (χ1) is 8.74. The molecule has 1 N–H and O–H groups in total. The van der Waals surface area contributed by atoms with E-state index >= 15 is 0 Å². The maximum Gasteiger partial charge on any atom is 0.221 e. The Labute approximate surface area is 106 Å². The van der Waals surface area contributed by atoms with Crippen LogP contribution in [0, 0.1) is 5.41 Å². The van der Waals surface area contributed by atoms with Gasteiger partial charge in [0.15, 0.2) is 0 Å². The van der Waals surface area contributed by atoms with E-state index in [1.165, 1.54) is 0 Å². The maximum atomic E-state index is 11.3. The van der Waals surface area contributed by atoms with E-state index in [2.05, 4.69) is 5.32 Å². The Morgan fingerprint density at radius 3 is 2.78 bits per heavy atom. The molecule has 0 bridgehead atoms. The highest BCUT2D eigenvalue weighted by molar-refractivity contribution is 5.82. The second kappa shape index (κ2) is 5.78. The average molecular weight is 247 g/mol. The molecule has 0 radical (unpaired) electrons. The highest BCUT2D eigenvalue weighted by Crippen LogP contribution is 2.27. The molecular formula is C14H17NO3. The third-order valence-corrected chi connectivity index (χ3v) is 3.21. The minimum Gasteiger partial charge on any atom is -0.376 e. The minimum absolute atomic E-state index is 0.0725. The van der Waals surface area contributed by atoms with Crippen LogP contribution in [0.15, 0.2) is 30.3 Å². The van der Waals surface area contributed by atoms with Crippen molar-refractivity contribution in [2.24, 2.45) is 5.41 Å². The van der Waals surface area contributed by atoms with Crippen LogP contribution in [0.5, 0.6) is 0 Å². The van der Waals surface area contributed by atoms with Gasteiger partial charge in [0.2, 0.25) is 5.91 Å². The fourth-order valence-corrected chi connectivity index (χ4v) is 2.13. The van der Waals surface area contributed by atoms with Crippen molar-refractivity contribution < 1.29 is 14.3 Å². The molecule has 1 fully saturated rings. The van der Waals surface area contributed by atoms with E-state index in [1.54, 1.807) is 0 Å². The third kappa shape index (κ3) is 3.17. The second-order valence-corrected chi connectivity index (χ2v) is 4.74. The topological polar surface area (TPSA) is 55.4 Å². The SMILES string of the molecule is O=CC1(COCc2ccccc2)CCNC(=O)C1. The number of hydrogen-bond acceptors (Lipinski definition) is 3. The lowest BCUT2D eigenvalue weighted by molar-refractivity contribution is -0.134. The number of piperidine rings is 1. The van der Waals surface area contributed by atoms with Crippen molar-refractivity contribution in [3.05, 3.63) is 35.9 Å². The summed E-state index contributed by atoms with van der Waals surface area (Å²) in [7, 11) is 0. The number of aldehydes is 1. The highest BCUT2D eigenvalue weighted by atomic mass is 16.5. The Morgan fingerprint density at radius 2 is 2.11 bits per heavy atom. The standard InChI is InChI=1S/C14H17NO3/c16-10-14(6-7-15-13(17)8-14)11-18-9-12-4-2-1-3-5-12/h1-5,10H,6-9,11H2,(H,15,17). The predicted molar refractivity (Wildman–Crippen MR) is 66.8 cm³/mol. The summed E-state index contributed by atoms with van der Waals surface area (Å²) in [5, 5.41) is 2.73. The van der Waals surface area contributed by atoms with Crippen molar-refractivity contribution in [2.45, 2.75) is 19.4 Å². The Hall–Kier alpha value is -1.68. The van der Waals surface area contributed by atoms with Crippen molar-refractivity contribution in [3.8, 4) is 0 Å². The Balaban J connectivity index is 1.87. The molecule has 0 spiro atoms. The van der Waals surface area contributed by atoms with Crippen LogP contribution in [0.1, 0.15) is 18.4 Å². The van der Waals surface area contributed by atoms with Gasteiger partial charge in [-0.15, -0.1) is 0 Å². The van der Waals surface area contributed by atoms with Gasteiger partial charge in [-0.25, -0.2) is 0 Å². The summed E-state index contributed by atoms with van der Waals surface area (Å²) in [5.74, 6) is -0.0725. The van der Waals surface area contributed by atoms with Gasteiger partial charge in [0.1, 0.15) is 6.29 Å². The second-order valence-electron chi connectivity index (χ2n) is 4.74. The Morgan fingerprint density at radius 1 is 1.33 bits per heavy atom. The van der Waals surface area contributed by atoms with E-state index in [0.29, 0.717) is 26.2 Å². The van der Waals surface area contributed by atoms with Crippen LogP contribution in [0.3, 0.4) is 0 Å². The van der Waals surface area contributed by atoms with Gasteiger partial charge in [-0.2, -0.15) is 0 Å². The number of rotatable bonds is 5. The van der Waals surface area contributed by atoms with Gasteiger partial charge in [0.05, 0.1) is 18.6 Å². The first kappa shape index (κ1) is 12.8. The summed E-state index contributed by atoms with van der Waals surface area (Å²) in [6.45, 7) is 1.32. The van der Waals surface area contributed by atoms with E-state index < -0.39 is 5.41 Å². The molecule has 1 atom stereocenters. The number of ether oxygens (including phenoxy) is 1. The van der Waals surface area contributed by atoms with Crippen molar-refractivity contribution in [2.75, 3.05) is 13.2 Å². The van der Waals surface area contributed by atoms with Crippen LogP contribution in [0.25, 0.3) is 0 Å². The Kier molecular flexibility index (Phi) is 4.10. The summed E-state index contributed by atoms with van der Waals surface area (Å²) >= 11 is 0. The third-order valence-electron chi connectivity index (χ3n) is 3.21. The number of hydrogen-bond donors (Lipinski definition) is 1. The van der Waals surface area contributed by atoms with Gasteiger partial charge in [0, 0.05) is 13.0 Å². The molecule has 1 aliphatic rings. The van der Waals surface area contributed by atoms with Gasteiger partial charge in [0.25, 0.3) is 0 Å². The molecule has 4 nitrogen and oxygen atoms in total. The quantitative estimate of drug-likeness (QED) is 0.798. The van der Waals surface area contributed by atoms with Crippen molar-refractivity contribution in [1.29, 1.82) is 0 Å². The van der Waals surface area contributed by atoms with Crippen molar-refractivity contribution in [3.63, 3.8) is 0 Å². The van der Waals surface area contributed by atoms with Crippen LogP contribution in [0.4, 0.5) is 0 Å². The molecule has 18 heavy (non-hydrogen) atoms. The lowest BCUT2D eigenvalue weighted by atomic mass is 9.81. The fourth-order valence-electron chi connectivity index (χ4n) is 2.13. The number of amides is 1. The zero-order chi connectivity index (χ0) is 12.8. The largest absolute Gasteiger partial charge is 0.376 e. The lowest BCUT2D eigenvalue weighted by Crippen LogP contribution is -2.44. The number of benzene rings is 1. The molecule has 0 aromatic heterocycles.